The van der Waals surface area contributed by atoms with Gasteiger partial charge in [0.1, 0.15) is 10.8 Å². The first kappa shape index (κ1) is 21.4. The molecule has 1 saturated heterocycles. The number of sulfonamides is 1. The van der Waals surface area contributed by atoms with E-state index < -0.39 is 21.8 Å². The molecule has 1 aromatic carbocycles. The Bertz CT molecular complexity index is 983. The van der Waals surface area contributed by atoms with Gasteiger partial charge in [-0.2, -0.15) is 4.31 Å². The molecule has 29 heavy (non-hydrogen) atoms. The number of rotatable bonds is 6. The molecule has 1 aliphatic heterocycles. The lowest BCUT2D eigenvalue weighted by Gasteiger charge is -2.33. The van der Waals surface area contributed by atoms with E-state index in [1.54, 1.807) is 11.4 Å². The lowest BCUT2D eigenvalue weighted by molar-refractivity contribution is -0.117. The number of halogens is 1. The van der Waals surface area contributed by atoms with Crippen molar-refractivity contribution in [1.82, 2.24) is 9.21 Å². The van der Waals surface area contributed by atoms with Gasteiger partial charge in [-0.3, -0.25) is 9.69 Å². The van der Waals surface area contributed by atoms with E-state index in [1.807, 2.05) is 4.90 Å². The van der Waals surface area contributed by atoms with Gasteiger partial charge in [-0.1, -0.05) is 0 Å². The molecule has 1 amide bonds. The zero-order valence-corrected chi connectivity index (χ0v) is 17.3. The van der Waals surface area contributed by atoms with Crippen LogP contribution in [-0.4, -0.2) is 69.3 Å². The quantitative estimate of drug-likeness (QED) is 0.685. The third-order valence-corrected chi connectivity index (χ3v) is 7.22. The number of benzene rings is 1. The van der Waals surface area contributed by atoms with E-state index in [9.17, 15) is 22.4 Å². The Morgan fingerprint density at radius 2 is 1.79 bits per heavy atom. The number of amides is 1. The van der Waals surface area contributed by atoms with Crippen molar-refractivity contribution < 1.29 is 27.1 Å². The summed E-state index contributed by atoms with van der Waals surface area (Å²) in [5, 5.41) is 4.79. The van der Waals surface area contributed by atoms with E-state index in [2.05, 4.69) is 10.1 Å². The number of hydrogen-bond donors (Lipinski definition) is 1. The smallest absolute Gasteiger partial charge is 0.340 e. The van der Waals surface area contributed by atoms with Crippen LogP contribution < -0.4 is 5.32 Å². The minimum absolute atomic E-state index is 0.0399. The topological polar surface area (TPSA) is 96.0 Å². The first-order valence-corrected chi connectivity index (χ1v) is 11.1. The summed E-state index contributed by atoms with van der Waals surface area (Å²) >= 11 is 1.22. The maximum atomic E-state index is 13.0. The third-order valence-electron chi connectivity index (χ3n) is 4.47. The summed E-state index contributed by atoms with van der Waals surface area (Å²) < 4.78 is 44.3. The minimum Gasteiger partial charge on any atom is -0.465 e. The van der Waals surface area contributed by atoms with Crippen molar-refractivity contribution in [2.75, 3.05) is 45.2 Å². The molecule has 8 nitrogen and oxygen atoms in total. The van der Waals surface area contributed by atoms with E-state index in [0.717, 1.165) is 12.1 Å². The zero-order chi connectivity index (χ0) is 21.0. The van der Waals surface area contributed by atoms with Crippen molar-refractivity contribution >= 4 is 38.2 Å². The van der Waals surface area contributed by atoms with E-state index in [1.165, 1.54) is 34.9 Å². The summed E-state index contributed by atoms with van der Waals surface area (Å²) in [6.45, 7) is 1.27. The molecular formula is C18H20FN3O5S2. The zero-order valence-electron chi connectivity index (χ0n) is 15.6. The Hall–Kier alpha value is -2.34. The maximum Gasteiger partial charge on any atom is 0.340 e. The second-order valence-electron chi connectivity index (χ2n) is 6.34. The van der Waals surface area contributed by atoms with Crippen LogP contribution in [0.4, 0.5) is 9.39 Å². The number of nitrogens with one attached hydrogen (secondary N) is 1. The lowest BCUT2D eigenvalue weighted by Crippen LogP contribution is -2.50. The molecule has 0 radical (unpaired) electrons. The number of carbonyl (C=O) groups is 2. The van der Waals surface area contributed by atoms with E-state index in [0.29, 0.717) is 23.7 Å². The van der Waals surface area contributed by atoms with Crippen LogP contribution in [0.2, 0.25) is 0 Å². The van der Waals surface area contributed by atoms with E-state index >= 15 is 0 Å². The first-order chi connectivity index (χ1) is 13.8. The lowest BCUT2D eigenvalue weighted by atomic mass is 10.3. The number of ether oxygens (including phenoxy) is 1. The summed E-state index contributed by atoms with van der Waals surface area (Å²) in [4.78, 5) is 25.9. The van der Waals surface area contributed by atoms with Crippen LogP contribution in [0.15, 0.2) is 40.6 Å². The van der Waals surface area contributed by atoms with Crippen LogP contribution >= 0.6 is 11.3 Å². The van der Waals surface area contributed by atoms with Gasteiger partial charge in [-0.25, -0.2) is 17.6 Å². The monoisotopic (exact) mass is 441 g/mol. The second-order valence-corrected chi connectivity index (χ2v) is 9.19. The number of carbonyl (C=O) groups excluding carboxylic acids is 2. The van der Waals surface area contributed by atoms with Gasteiger partial charge >= 0.3 is 5.97 Å². The van der Waals surface area contributed by atoms with Crippen molar-refractivity contribution in [3.05, 3.63) is 47.1 Å². The molecule has 1 aliphatic rings. The molecule has 0 unspecified atom stereocenters. The summed E-state index contributed by atoms with van der Waals surface area (Å²) in [7, 11) is -2.43. The standard InChI is InChI=1S/C18H20FN3O5S2/c1-27-18(24)15-6-11-28-17(15)20-16(23)12-21-7-9-22(10-8-21)29(25,26)14-4-2-13(19)3-5-14/h2-6,11H,7-10,12H2,1H3,(H,20,23). The molecule has 2 aromatic rings. The molecule has 0 aliphatic carbocycles. The van der Waals surface area contributed by atoms with Gasteiger partial charge in [0, 0.05) is 26.2 Å². The van der Waals surface area contributed by atoms with Gasteiger partial charge in [0.05, 0.1) is 24.1 Å². The number of piperazine rings is 1. The predicted octanol–water partition coefficient (Wildman–Crippen LogP) is 1.62. The van der Waals surface area contributed by atoms with Crippen molar-refractivity contribution in [1.29, 1.82) is 0 Å². The summed E-state index contributed by atoms with van der Waals surface area (Å²) in [5.74, 6) is -1.32. The van der Waals surface area contributed by atoms with Crippen LogP contribution in [0.25, 0.3) is 0 Å². The van der Waals surface area contributed by atoms with Crippen molar-refractivity contribution in [3.8, 4) is 0 Å². The fourth-order valence-corrected chi connectivity index (χ4v) is 5.14. The fraction of sp³-hybridized carbons (Fsp3) is 0.333. The predicted molar refractivity (Wildman–Crippen MR) is 106 cm³/mol. The Morgan fingerprint density at radius 1 is 1.14 bits per heavy atom. The molecule has 2 heterocycles. The highest BCUT2D eigenvalue weighted by Crippen LogP contribution is 2.24. The molecule has 1 fully saturated rings. The molecular weight excluding hydrogens is 421 g/mol. The fourth-order valence-electron chi connectivity index (χ4n) is 2.93. The van der Waals surface area contributed by atoms with Gasteiger partial charge in [0.15, 0.2) is 0 Å². The van der Waals surface area contributed by atoms with Crippen LogP contribution in [0.5, 0.6) is 0 Å². The molecule has 0 bridgehead atoms. The average Bonchev–Trinajstić information content (AvgIpc) is 3.16. The largest absolute Gasteiger partial charge is 0.465 e. The molecule has 1 aromatic heterocycles. The highest BCUT2D eigenvalue weighted by atomic mass is 32.2. The number of hydrogen-bond acceptors (Lipinski definition) is 7. The minimum atomic E-state index is -3.70. The molecule has 156 valence electrons. The van der Waals surface area contributed by atoms with Crippen molar-refractivity contribution in [2.24, 2.45) is 0 Å². The molecule has 0 spiro atoms. The van der Waals surface area contributed by atoms with Gasteiger partial charge in [0.2, 0.25) is 15.9 Å². The Labute approximate surface area is 171 Å². The first-order valence-electron chi connectivity index (χ1n) is 8.75. The van der Waals surface area contributed by atoms with Crippen molar-refractivity contribution in [2.45, 2.75) is 4.90 Å². The highest BCUT2D eigenvalue weighted by Gasteiger charge is 2.29. The Balaban J connectivity index is 1.54. The number of esters is 1. The number of nitrogens with zero attached hydrogens (tertiary/aromatic N) is 2. The Morgan fingerprint density at radius 3 is 2.41 bits per heavy atom. The van der Waals surface area contributed by atoms with Crippen LogP contribution in [0, 0.1) is 5.82 Å². The molecule has 1 N–H and O–H groups in total. The SMILES string of the molecule is COC(=O)c1ccsc1NC(=O)CN1CCN(S(=O)(=O)c2ccc(F)cc2)CC1. The summed E-state index contributed by atoms with van der Waals surface area (Å²) in [5.41, 5.74) is 0.293. The van der Waals surface area contributed by atoms with Crippen LogP contribution in [0.1, 0.15) is 10.4 Å². The summed E-state index contributed by atoms with van der Waals surface area (Å²) in [6.07, 6.45) is 0. The third kappa shape index (κ3) is 4.99. The van der Waals surface area contributed by atoms with Crippen molar-refractivity contribution in [3.63, 3.8) is 0 Å². The van der Waals surface area contributed by atoms with E-state index in [-0.39, 0.29) is 30.4 Å². The number of methoxy groups -OCH3 is 1. The van der Waals surface area contributed by atoms with E-state index in [4.69, 9.17) is 0 Å². The Kier molecular flexibility index (Phi) is 6.63. The molecule has 0 atom stereocenters. The highest BCUT2D eigenvalue weighted by molar-refractivity contribution is 7.89. The summed E-state index contributed by atoms with van der Waals surface area (Å²) in [6, 6.07) is 6.28. The number of anilines is 1. The van der Waals surface area contributed by atoms with Gasteiger partial charge in [-0.15, -0.1) is 11.3 Å². The normalized spacial score (nSPS) is 15.8. The molecule has 0 saturated carbocycles. The van der Waals surface area contributed by atoms with Crippen LogP contribution in [0.3, 0.4) is 0 Å². The van der Waals surface area contributed by atoms with Gasteiger partial charge < -0.3 is 10.1 Å². The average molecular weight is 442 g/mol. The van der Waals surface area contributed by atoms with Gasteiger partial charge in [0.25, 0.3) is 0 Å². The van der Waals surface area contributed by atoms with Crippen LogP contribution in [-0.2, 0) is 19.6 Å². The molecule has 3 rings (SSSR count). The molecule has 11 heteroatoms. The van der Waals surface area contributed by atoms with Gasteiger partial charge in [-0.05, 0) is 35.7 Å². The number of thiophene rings is 1. The second kappa shape index (κ2) is 8.99. The maximum absolute atomic E-state index is 13.0.